The maximum Gasteiger partial charge on any atom is 0.0507 e. The summed E-state index contributed by atoms with van der Waals surface area (Å²) in [7, 11) is 0. The first-order valence-corrected chi connectivity index (χ1v) is 5.22. The fourth-order valence-electron chi connectivity index (χ4n) is 1.45. The number of rotatable bonds is 5. The van der Waals surface area contributed by atoms with Gasteiger partial charge in [0.2, 0.25) is 0 Å². The average Bonchev–Trinajstić information content (AvgIpc) is 2.19. The van der Waals surface area contributed by atoms with E-state index in [1.54, 1.807) is 0 Å². The number of nitrogens with one attached hydrogen (secondary N) is 1. The molecule has 14 heavy (non-hydrogen) atoms. The minimum Gasteiger partial charge on any atom is -0.321 e. The molecule has 1 atom stereocenters. The van der Waals surface area contributed by atoms with E-state index in [4.69, 9.17) is 5.73 Å². The van der Waals surface area contributed by atoms with Crippen molar-refractivity contribution in [3.63, 3.8) is 0 Å². The summed E-state index contributed by atoms with van der Waals surface area (Å²) in [5.41, 5.74) is 7.13. The highest BCUT2D eigenvalue weighted by atomic mass is 14.9. The molecule has 1 rings (SSSR count). The van der Waals surface area contributed by atoms with E-state index in [0.717, 1.165) is 19.5 Å². The molecule has 3 N–H and O–H groups in total. The van der Waals surface area contributed by atoms with Gasteiger partial charge in [0.05, 0.1) is 5.54 Å². The van der Waals surface area contributed by atoms with Crippen molar-refractivity contribution in [2.24, 2.45) is 5.73 Å². The lowest BCUT2D eigenvalue weighted by Gasteiger charge is -2.25. The largest absolute Gasteiger partial charge is 0.321 e. The average molecular weight is 192 g/mol. The van der Waals surface area contributed by atoms with Gasteiger partial charge < -0.3 is 11.1 Å². The lowest BCUT2D eigenvalue weighted by molar-refractivity contribution is 0.447. The van der Waals surface area contributed by atoms with Crippen LogP contribution < -0.4 is 11.1 Å². The minimum absolute atomic E-state index is 0.267. The summed E-state index contributed by atoms with van der Waals surface area (Å²) >= 11 is 0. The van der Waals surface area contributed by atoms with Crippen LogP contribution in [0.15, 0.2) is 30.3 Å². The van der Waals surface area contributed by atoms with Crippen molar-refractivity contribution in [2.75, 3.05) is 13.1 Å². The van der Waals surface area contributed by atoms with Crippen molar-refractivity contribution in [2.45, 2.75) is 25.8 Å². The molecule has 0 fully saturated rings. The zero-order valence-corrected chi connectivity index (χ0v) is 9.09. The minimum atomic E-state index is -0.267. The molecule has 1 unspecified atom stereocenters. The second-order valence-electron chi connectivity index (χ2n) is 3.96. The monoisotopic (exact) mass is 192 g/mol. The van der Waals surface area contributed by atoms with Gasteiger partial charge in [0.15, 0.2) is 0 Å². The molecule has 1 aromatic carbocycles. The van der Waals surface area contributed by atoms with Gasteiger partial charge in [0.25, 0.3) is 0 Å². The summed E-state index contributed by atoms with van der Waals surface area (Å²) in [6, 6.07) is 10.2. The van der Waals surface area contributed by atoms with Crippen LogP contribution in [0.2, 0.25) is 0 Å². The molecule has 2 heteroatoms. The van der Waals surface area contributed by atoms with Crippen LogP contribution >= 0.6 is 0 Å². The van der Waals surface area contributed by atoms with E-state index >= 15 is 0 Å². The molecule has 0 saturated heterocycles. The van der Waals surface area contributed by atoms with E-state index in [2.05, 4.69) is 31.3 Å². The van der Waals surface area contributed by atoms with Gasteiger partial charge in [0.1, 0.15) is 0 Å². The highest BCUT2D eigenvalue weighted by molar-refractivity contribution is 5.23. The van der Waals surface area contributed by atoms with E-state index in [1.807, 2.05) is 18.2 Å². The summed E-state index contributed by atoms with van der Waals surface area (Å²) in [6.45, 7) is 6.07. The van der Waals surface area contributed by atoms with Crippen LogP contribution in [-0.2, 0) is 5.54 Å². The Hall–Kier alpha value is -0.860. The highest BCUT2D eigenvalue weighted by Crippen LogP contribution is 2.15. The molecule has 0 aliphatic heterocycles. The number of nitrogens with two attached hydrogens (primary N) is 1. The molecule has 0 spiro atoms. The molecule has 0 radical (unpaired) electrons. The lowest BCUT2D eigenvalue weighted by Crippen LogP contribution is -2.43. The summed E-state index contributed by atoms with van der Waals surface area (Å²) in [4.78, 5) is 0. The Morgan fingerprint density at radius 1 is 1.29 bits per heavy atom. The smallest absolute Gasteiger partial charge is 0.0507 e. The molecule has 0 amide bonds. The number of benzene rings is 1. The second kappa shape index (κ2) is 5.13. The molecule has 78 valence electrons. The van der Waals surface area contributed by atoms with E-state index in [-0.39, 0.29) is 5.54 Å². The Bertz CT molecular complexity index is 254. The first-order valence-electron chi connectivity index (χ1n) is 5.22. The van der Waals surface area contributed by atoms with Crippen molar-refractivity contribution in [1.29, 1.82) is 0 Å². The fraction of sp³-hybridized carbons (Fsp3) is 0.500. The van der Waals surface area contributed by atoms with Crippen LogP contribution in [0.1, 0.15) is 25.8 Å². The lowest BCUT2D eigenvalue weighted by atomic mass is 9.93. The second-order valence-corrected chi connectivity index (χ2v) is 3.96. The van der Waals surface area contributed by atoms with Crippen LogP contribution in [0, 0.1) is 0 Å². The van der Waals surface area contributed by atoms with Gasteiger partial charge in [-0.05, 0) is 25.5 Å². The Morgan fingerprint density at radius 2 is 1.93 bits per heavy atom. The van der Waals surface area contributed by atoms with E-state index in [0.29, 0.717) is 0 Å². The normalized spacial score (nSPS) is 15.1. The zero-order chi connectivity index (χ0) is 10.4. The summed E-state index contributed by atoms with van der Waals surface area (Å²) < 4.78 is 0. The number of hydrogen-bond donors (Lipinski definition) is 2. The molecule has 0 heterocycles. The summed E-state index contributed by atoms with van der Waals surface area (Å²) in [6.07, 6.45) is 1.14. The van der Waals surface area contributed by atoms with E-state index < -0.39 is 0 Å². The Kier molecular flexibility index (Phi) is 4.11. The van der Waals surface area contributed by atoms with Gasteiger partial charge in [0, 0.05) is 6.54 Å². The van der Waals surface area contributed by atoms with Crippen LogP contribution in [0.5, 0.6) is 0 Å². The molecule has 1 aromatic rings. The molecule has 0 bridgehead atoms. The molecular weight excluding hydrogens is 172 g/mol. The van der Waals surface area contributed by atoms with Gasteiger partial charge in [-0.25, -0.2) is 0 Å². The van der Waals surface area contributed by atoms with Crippen molar-refractivity contribution in [1.82, 2.24) is 5.32 Å². The third kappa shape index (κ3) is 3.13. The Morgan fingerprint density at radius 3 is 2.50 bits per heavy atom. The van der Waals surface area contributed by atoms with Gasteiger partial charge in [-0.1, -0.05) is 37.3 Å². The van der Waals surface area contributed by atoms with Crippen molar-refractivity contribution in [3.8, 4) is 0 Å². The van der Waals surface area contributed by atoms with E-state index in [1.165, 1.54) is 5.56 Å². The predicted octanol–water partition coefficient (Wildman–Crippen LogP) is 1.86. The molecule has 0 aliphatic rings. The summed E-state index contributed by atoms with van der Waals surface area (Å²) in [5, 5.41) is 3.35. The SMILES string of the molecule is CCCNCC(C)(N)c1ccccc1. The maximum atomic E-state index is 6.22. The fourth-order valence-corrected chi connectivity index (χ4v) is 1.45. The van der Waals surface area contributed by atoms with Gasteiger partial charge in [-0.2, -0.15) is 0 Å². The van der Waals surface area contributed by atoms with E-state index in [9.17, 15) is 0 Å². The van der Waals surface area contributed by atoms with Crippen LogP contribution in [0.3, 0.4) is 0 Å². The topological polar surface area (TPSA) is 38.0 Å². The van der Waals surface area contributed by atoms with Gasteiger partial charge in [-0.15, -0.1) is 0 Å². The summed E-state index contributed by atoms with van der Waals surface area (Å²) in [5.74, 6) is 0. The van der Waals surface area contributed by atoms with Gasteiger partial charge in [-0.3, -0.25) is 0 Å². The van der Waals surface area contributed by atoms with Crippen LogP contribution in [0.25, 0.3) is 0 Å². The molecule has 0 aromatic heterocycles. The Labute approximate surface area is 86.5 Å². The zero-order valence-electron chi connectivity index (χ0n) is 9.09. The maximum absolute atomic E-state index is 6.22. The molecule has 0 saturated carbocycles. The molecule has 2 nitrogen and oxygen atoms in total. The van der Waals surface area contributed by atoms with Crippen molar-refractivity contribution in [3.05, 3.63) is 35.9 Å². The molecule has 0 aliphatic carbocycles. The predicted molar refractivity (Wildman–Crippen MR) is 61.1 cm³/mol. The first-order chi connectivity index (χ1) is 6.67. The van der Waals surface area contributed by atoms with Gasteiger partial charge >= 0.3 is 0 Å². The Balaban J connectivity index is 2.56. The number of hydrogen-bond acceptors (Lipinski definition) is 2. The third-order valence-electron chi connectivity index (χ3n) is 2.35. The standard InChI is InChI=1S/C12H20N2/c1-3-9-14-10-12(2,13)11-7-5-4-6-8-11/h4-8,14H,3,9-10,13H2,1-2H3. The van der Waals surface area contributed by atoms with Crippen molar-refractivity contribution < 1.29 is 0 Å². The third-order valence-corrected chi connectivity index (χ3v) is 2.35. The van der Waals surface area contributed by atoms with Crippen LogP contribution in [0.4, 0.5) is 0 Å². The molecular formula is C12H20N2. The quantitative estimate of drug-likeness (QED) is 0.699. The highest BCUT2D eigenvalue weighted by Gasteiger charge is 2.19. The van der Waals surface area contributed by atoms with Crippen molar-refractivity contribution >= 4 is 0 Å². The van der Waals surface area contributed by atoms with Crippen LogP contribution in [-0.4, -0.2) is 13.1 Å². The first kappa shape index (κ1) is 11.2.